The zero-order chi connectivity index (χ0) is 27.1. The molecule has 1 aliphatic rings. The first-order valence-electron chi connectivity index (χ1n) is 12.9. The van der Waals surface area contributed by atoms with Crippen LogP contribution in [-0.2, 0) is 4.79 Å². The topological polar surface area (TPSA) is 123 Å². The van der Waals surface area contributed by atoms with Crippen LogP contribution in [0.15, 0.2) is 58.7 Å². The van der Waals surface area contributed by atoms with E-state index in [2.05, 4.69) is 56.6 Å². The van der Waals surface area contributed by atoms with Crippen LogP contribution in [0.25, 0.3) is 5.52 Å². The minimum absolute atomic E-state index is 0.360. The second kappa shape index (κ2) is 12.9. The Labute approximate surface area is 227 Å². The second-order valence-corrected chi connectivity index (χ2v) is 10.8. The smallest absolute Gasteiger partial charge is 0.214 e. The van der Waals surface area contributed by atoms with Crippen molar-refractivity contribution >= 4 is 41.0 Å². The van der Waals surface area contributed by atoms with Crippen molar-refractivity contribution in [3.8, 4) is 0 Å². The van der Waals surface area contributed by atoms with E-state index in [1.165, 1.54) is 18.3 Å². The third-order valence-electron chi connectivity index (χ3n) is 6.72. The lowest BCUT2D eigenvalue weighted by Gasteiger charge is -2.19. The number of rotatable bonds is 9. The fraction of sp³-hybridized carbons (Fsp3) is 0.407. The lowest BCUT2D eigenvalue weighted by Crippen LogP contribution is -2.21. The van der Waals surface area contributed by atoms with Gasteiger partial charge in [-0.05, 0) is 79.4 Å². The van der Waals surface area contributed by atoms with Gasteiger partial charge in [0.05, 0.1) is 0 Å². The summed E-state index contributed by atoms with van der Waals surface area (Å²) in [5.74, 6) is 3.31. The molecule has 1 unspecified atom stereocenters. The van der Waals surface area contributed by atoms with Crippen molar-refractivity contribution in [2.75, 3.05) is 36.9 Å². The molecule has 0 radical (unpaired) electrons. The summed E-state index contributed by atoms with van der Waals surface area (Å²) in [7, 11) is 0. The van der Waals surface area contributed by atoms with Crippen LogP contribution in [0.4, 0.5) is 17.3 Å². The Morgan fingerprint density at radius 1 is 1.24 bits per heavy atom. The zero-order valence-corrected chi connectivity index (χ0v) is 23.1. The van der Waals surface area contributed by atoms with Gasteiger partial charge in [0.25, 0.3) is 0 Å². The van der Waals surface area contributed by atoms with Crippen molar-refractivity contribution in [1.82, 2.24) is 29.7 Å². The van der Waals surface area contributed by atoms with Crippen LogP contribution in [0.5, 0.6) is 0 Å². The molecule has 2 atom stereocenters. The lowest BCUT2D eigenvalue weighted by molar-refractivity contribution is -0.105. The number of aromatic amines is 1. The van der Waals surface area contributed by atoms with Gasteiger partial charge in [0, 0.05) is 48.2 Å². The predicted molar refractivity (Wildman–Crippen MR) is 151 cm³/mol. The standard InChI is InChI=1S/C17H15N7OS.C10H21NO/c1-11-9-15(22-21-11)19-16-14-3-2-8-24(14)23-17(20-16)26-13-6-4-12(5-7-13)18-10-25;1-4-11-5-9(7-12)10(6-11)8(2)3/h2-10H,1H3,(H,18,25)(H2,19,20,21,22,23);8-10,12H,4-7H2,1-3H3/t;9?,10-/m.1/s1. The summed E-state index contributed by atoms with van der Waals surface area (Å²) in [6, 6.07) is 13.2. The van der Waals surface area contributed by atoms with Crippen LogP contribution >= 0.6 is 11.8 Å². The number of carbonyl (C=O) groups excluding carboxylic acids is 1. The van der Waals surface area contributed by atoms with E-state index in [0.717, 1.165) is 34.9 Å². The molecule has 1 fully saturated rings. The van der Waals surface area contributed by atoms with Crippen molar-refractivity contribution in [3.05, 3.63) is 54.4 Å². The van der Waals surface area contributed by atoms with E-state index in [-0.39, 0.29) is 0 Å². The number of fused-ring (bicyclic) bond motifs is 1. The molecule has 1 aliphatic heterocycles. The Morgan fingerprint density at radius 2 is 2.03 bits per heavy atom. The average molecular weight is 537 g/mol. The molecule has 0 aliphatic carbocycles. The number of aromatic nitrogens is 5. The lowest BCUT2D eigenvalue weighted by atomic mass is 9.87. The second-order valence-electron chi connectivity index (χ2n) is 9.73. The largest absolute Gasteiger partial charge is 0.396 e. The normalized spacial score (nSPS) is 17.4. The first-order chi connectivity index (χ1) is 18.4. The van der Waals surface area contributed by atoms with Crippen LogP contribution in [0.1, 0.15) is 26.5 Å². The highest BCUT2D eigenvalue weighted by atomic mass is 32.2. The van der Waals surface area contributed by atoms with Gasteiger partial charge >= 0.3 is 0 Å². The van der Waals surface area contributed by atoms with Crippen LogP contribution in [0.2, 0.25) is 0 Å². The predicted octanol–water partition coefficient (Wildman–Crippen LogP) is 4.43. The van der Waals surface area contributed by atoms with Gasteiger partial charge in [0.2, 0.25) is 11.6 Å². The van der Waals surface area contributed by atoms with Crippen molar-refractivity contribution in [2.24, 2.45) is 17.8 Å². The van der Waals surface area contributed by atoms with Gasteiger partial charge in [-0.25, -0.2) is 9.50 Å². The summed E-state index contributed by atoms with van der Waals surface area (Å²) in [6.45, 7) is 12.4. The maximum Gasteiger partial charge on any atom is 0.214 e. The summed E-state index contributed by atoms with van der Waals surface area (Å²) in [5, 5.41) is 27.2. The Morgan fingerprint density at radius 3 is 2.63 bits per heavy atom. The van der Waals surface area contributed by atoms with Crippen LogP contribution < -0.4 is 10.6 Å². The molecule has 202 valence electrons. The summed E-state index contributed by atoms with van der Waals surface area (Å²) < 4.78 is 1.78. The number of hydrogen-bond acceptors (Lipinski definition) is 8. The maximum atomic E-state index is 10.5. The molecule has 1 saturated heterocycles. The quantitative estimate of drug-likeness (QED) is 0.232. The van der Waals surface area contributed by atoms with Crippen LogP contribution in [-0.4, -0.2) is 67.5 Å². The highest BCUT2D eigenvalue weighted by Crippen LogP contribution is 2.30. The number of aliphatic hydroxyl groups excluding tert-OH is 1. The number of benzene rings is 1. The van der Waals surface area contributed by atoms with E-state index in [4.69, 9.17) is 0 Å². The van der Waals surface area contributed by atoms with Gasteiger partial charge in [-0.1, -0.05) is 20.8 Å². The van der Waals surface area contributed by atoms with Crippen molar-refractivity contribution in [1.29, 1.82) is 0 Å². The fourth-order valence-corrected chi connectivity index (χ4v) is 5.39. The number of likely N-dealkylation sites (tertiary alicyclic amines) is 1. The van der Waals surface area contributed by atoms with Gasteiger partial charge in [-0.15, -0.1) is 5.10 Å². The van der Waals surface area contributed by atoms with Gasteiger partial charge in [-0.2, -0.15) is 5.10 Å². The number of H-pyrrole nitrogens is 1. The fourth-order valence-electron chi connectivity index (χ4n) is 4.64. The molecule has 1 aromatic carbocycles. The summed E-state index contributed by atoms with van der Waals surface area (Å²) in [6.07, 6.45) is 2.53. The molecule has 11 heteroatoms. The maximum absolute atomic E-state index is 10.5. The third kappa shape index (κ3) is 6.91. The van der Waals surface area contributed by atoms with E-state index in [9.17, 15) is 9.90 Å². The molecule has 3 aromatic heterocycles. The van der Waals surface area contributed by atoms with Crippen molar-refractivity contribution in [2.45, 2.75) is 37.7 Å². The Kier molecular flexibility index (Phi) is 9.38. The SMILES string of the molecule is CCN1CC(CO)[C@@H](C(C)C)C1.Cc1cc(Nc2nc(Sc3ccc(NC=O)cc3)nn3cccc23)n[nH]1. The minimum atomic E-state index is 0.360. The monoisotopic (exact) mass is 536 g/mol. The summed E-state index contributed by atoms with van der Waals surface area (Å²) in [4.78, 5) is 18.5. The number of carbonyl (C=O) groups is 1. The highest BCUT2D eigenvalue weighted by molar-refractivity contribution is 7.99. The van der Waals surface area contributed by atoms with Crippen LogP contribution in [0, 0.1) is 24.7 Å². The molecule has 0 saturated carbocycles. The molecular weight excluding hydrogens is 500 g/mol. The number of aryl methyl sites for hydroxylation is 1. The van der Waals surface area contributed by atoms with E-state index in [0.29, 0.717) is 47.6 Å². The van der Waals surface area contributed by atoms with Gasteiger partial charge in [0.15, 0.2) is 11.6 Å². The van der Waals surface area contributed by atoms with Gasteiger partial charge in [0.1, 0.15) is 5.52 Å². The van der Waals surface area contributed by atoms with Gasteiger partial charge in [-0.3, -0.25) is 9.89 Å². The van der Waals surface area contributed by atoms with E-state index in [1.807, 2.05) is 55.6 Å². The van der Waals surface area contributed by atoms with Gasteiger partial charge < -0.3 is 20.6 Å². The van der Waals surface area contributed by atoms with Crippen molar-refractivity contribution in [3.63, 3.8) is 0 Å². The third-order valence-corrected chi connectivity index (χ3v) is 7.58. The minimum Gasteiger partial charge on any atom is -0.396 e. The Balaban J connectivity index is 0.000000236. The number of nitrogens with one attached hydrogen (secondary N) is 3. The number of nitrogens with zero attached hydrogens (tertiary/aromatic N) is 5. The van der Waals surface area contributed by atoms with Crippen molar-refractivity contribution < 1.29 is 9.90 Å². The molecule has 10 nitrogen and oxygen atoms in total. The molecule has 1 amide bonds. The molecular formula is C27H36N8O2S. The summed E-state index contributed by atoms with van der Waals surface area (Å²) in [5.41, 5.74) is 2.56. The number of anilines is 3. The Hall–Kier alpha value is -3.41. The zero-order valence-electron chi connectivity index (χ0n) is 22.3. The summed E-state index contributed by atoms with van der Waals surface area (Å²) >= 11 is 1.44. The molecule has 4 heterocycles. The highest BCUT2D eigenvalue weighted by Gasteiger charge is 2.32. The average Bonchev–Trinajstić information content (AvgIpc) is 3.65. The Bertz CT molecular complexity index is 1320. The van der Waals surface area contributed by atoms with E-state index in [1.54, 1.807) is 4.52 Å². The molecule has 0 bridgehead atoms. The molecule has 4 N–H and O–H groups in total. The molecule has 38 heavy (non-hydrogen) atoms. The van der Waals surface area contributed by atoms with E-state index >= 15 is 0 Å². The van der Waals surface area contributed by atoms with E-state index < -0.39 is 0 Å². The molecule has 4 aromatic rings. The van der Waals surface area contributed by atoms with Crippen LogP contribution in [0.3, 0.4) is 0 Å². The molecule has 5 rings (SSSR count). The number of amides is 1. The molecule has 0 spiro atoms. The number of hydrogen-bond donors (Lipinski definition) is 4. The first kappa shape index (κ1) is 27.6. The number of aliphatic hydroxyl groups is 1. The first-order valence-corrected chi connectivity index (χ1v) is 13.7.